The van der Waals surface area contributed by atoms with Crippen LogP contribution in [-0.4, -0.2) is 52.1 Å². The zero-order valence-corrected chi connectivity index (χ0v) is 22.8. The van der Waals surface area contributed by atoms with Gasteiger partial charge in [0, 0.05) is 23.0 Å². The third-order valence-electron chi connectivity index (χ3n) is 7.03. The standard InChI is InChI=1S/C29H41NO6S/c1-3-5-6-10-25(32)20-11-13-22(14-12-20)30-21(15-18-28(30)34)8-7-9-23-16-17-27(37-23)29(35)36-19-26(33)24(31)4-2/h11-14,16-17,21,24-26,31-33H,3-10,15,18-19H2,1-2H3/t21-,24-,25-,26-/m0/s1. The molecule has 1 aliphatic heterocycles. The Labute approximate surface area is 224 Å². The van der Waals surface area contributed by atoms with Gasteiger partial charge in [0.25, 0.3) is 0 Å². The number of hydrogen-bond donors (Lipinski definition) is 3. The molecule has 1 amide bonds. The highest BCUT2D eigenvalue weighted by Crippen LogP contribution is 2.31. The summed E-state index contributed by atoms with van der Waals surface area (Å²) in [5.74, 6) is -0.358. The van der Waals surface area contributed by atoms with Crippen LogP contribution in [0.2, 0.25) is 0 Å². The van der Waals surface area contributed by atoms with Crippen molar-refractivity contribution < 1.29 is 29.6 Å². The van der Waals surface area contributed by atoms with Gasteiger partial charge < -0.3 is 25.0 Å². The monoisotopic (exact) mass is 531 g/mol. The van der Waals surface area contributed by atoms with E-state index in [-0.39, 0.29) is 18.6 Å². The largest absolute Gasteiger partial charge is 0.459 e. The first-order valence-corrected chi connectivity index (χ1v) is 14.4. The Kier molecular flexibility index (Phi) is 11.6. The molecule has 0 radical (unpaired) electrons. The van der Waals surface area contributed by atoms with Gasteiger partial charge in [-0.1, -0.05) is 45.2 Å². The van der Waals surface area contributed by atoms with Crippen LogP contribution >= 0.6 is 11.3 Å². The first-order chi connectivity index (χ1) is 17.8. The fourth-order valence-electron chi connectivity index (χ4n) is 4.73. The number of hydrogen-bond acceptors (Lipinski definition) is 7. The number of anilines is 1. The molecule has 1 saturated heterocycles. The number of nitrogens with zero attached hydrogens (tertiary/aromatic N) is 1. The number of ether oxygens (including phenoxy) is 1. The van der Waals surface area contributed by atoms with Crippen LogP contribution in [0.5, 0.6) is 0 Å². The Morgan fingerprint density at radius 3 is 2.51 bits per heavy atom. The lowest BCUT2D eigenvalue weighted by Gasteiger charge is -2.25. The van der Waals surface area contributed by atoms with E-state index in [1.807, 2.05) is 35.2 Å². The van der Waals surface area contributed by atoms with Crippen molar-refractivity contribution in [2.75, 3.05) is 11.5 Å². The maximum atomic E-state index is 12.7. The molecule has 2 aromatic rings. The molecule has 37 heavy (non-hydrogen) atoms. The number of amides is 1. The Morgan fingerprint density at radius 1 is 1.05 bits per heavy atom. The SMILES string of the molecule is CCCCC[C@H](O)c1ccc(N2C(=O)CC[C@@H]2CCCc2ccc(C(=O)OC[C@H](O)[C@@H](O)CC)s2)cc1. The fourth-order valence-corrected chi connectivity index (χ4v) is 5.68. The molecule has 0 spiro atoms. The molecule has 1 aromatic heterocycles. The summed E-state index contributed by atoms with van der Waals surface area (Å²) in [6.07, 6.45) is 5.85. The van der Waals surface area contributed by atoms with Gasteiger partial charge in [0.05, 0.1) is 12.2 Å². The predicted molar refractivity (Wildman–Crippen MR) is 146 cm³/mol. The molecule has 1 fully saturated rings. The minimum Gasteiger partial charge on any atom is -0.459 e. The van der Waals surface area contributed by atoms with Crippen molar-refractivity contribution in [1.82, 2.24) is 0 Å². The summed E-state index contributed by atoms with van der Waals surface area (Å²) < 4.78 is 5.14. The lowest BCUT2D eigenvalue weighted by atomic mass is 10.0. The molecule has 7 nitrogen and oxygen atoms in total. The molecule has 1 aliphatic rings. The van der Waals surface area contributed by atoms with E-state index in [0.29, 0.717) is 17.7 Å². The van der Waals surface area contributed by atoms with E-state index in [0.717, 1.165) is 67.5 Å². The lowest BCUT2D eigenvalue weighted by Crippen LogP contribution is -2.32. The molecule has 0 unspecified atom stereocenters. The molecule has 8 heteroatoms. The van der Waals surface area contributed by atoms with Crippen LogP contribution in [0, 0.1) is 0 Å². The Morgan fingerprint density at radius 2 is 1.81 bits per heavy atom. The van der Waals surface area contributed by atoms with Gasteiger partial charge >= 0.3 is 5.97 Å². The third kappa shape index (κ3) is 8.37. The minimum absolute atomic E-state index is 0.137. The van der Waals surface area contributed by atoms with Crippen molar-refractivity contribution in [2.45, 2.75) is 102 Å². The highest BCUT2D eigenvalue weighted by molar-refractivity contribution is 7.13. The minimum atomic E-state index is -1.09. The molecular weight excluding hydrogens is 490 g/mol. The van der Waals surface area contributed by atoms with Gasteiger partial charge in [-0.25, -0.2) is 4.79 Å². The molecule has 0 aliphatic carbocycles. The average Bonchev–Trinajstić information content (AvgIpc) is 3.53. The second-order valence-corrected chi connectivity index (χ2v) is 11.0. The summed E-state index contributed by atoms with van der Waals surface area (Å²) in [5.41, 5.74) is 1.78. The second kappa shape index (κ2) is 14.6. The van der Waals surface area contributed by atoms with Gasteiger partial charge in [0.1, 0.15) is 17.6 Å². The lowest BCUT2D eigenvalue weighted by molar-refractivity contribution is -0.117. The van der Waals surface area contributed by atoms with Gasteiger partial charge in [-0.05, 0) is 68.4 Å². The van der Waals surface area contributed by atoms with Crippen molar-refractivity contribution in [3.63, 3.8) is 0 Å². The van der Waals surface area contributed by atoms with Gasteiger partial charge in [-0.3, -0.25) is 4.79 Å². The maximum absolute atomic E-state index is 12.7. The molecule has 4 atom stereocenters. The molecular formula is C29H41NO6S. The number of aliphatic hydroxyl groups excluding tert-OH is 3. The first kappa shape index (κ1) is 29.3. The zero-order valence-electron chi connectivity index (χ0n) is 22.0. The Bertz CT molecular complexity index is 991. The topological polar surface area (TPSA) is 107 Å². The van der Waals surface area contributed by atoms with Crippen LogP contribution in [0.4, 0.5) is 5.69 Å². The van der Waals surface area contributed by atoms with Crippen LogP contribution < -0.4 is 4.90 Å². The molecule has 1 aromatic carbocycles. The van der Waals surface area contributed by atoms with Crippen molar-refractivity contribution in [1.29, 1.82) is 0 Å². The summed E-state index contributed by atoms with van der Waals surface area (Å²) in [4.78, 5) is 28.4. The highest BCUT2D eigenvalue weighted by Gasteiger charge is 2.31. The highest BCUT2D eigenvalue weighted by atomic mass is 32.1. The van der Waals surface area contributed by atoms with E-state index in [4.69, 9.17) is 4.74 Å². The number of aryl methyl sites for hydroxylation is 1. The van der Waals surface area contributed by atoms with Crippen molar-refractivity contribution in [3.05, 3.63) is 51.7 Å². The van der Waals surface area contributed by atoms with Crippen molar-refractivity contribution in [3.8, 4) is 0 Å². The molecule has 0 saturated carbocycles. The summed E-state index contributed by atoms with van der Waals surface area (Å²) in [6.45, 7) is 3.67. The van der Waals surface area contributed by atoms with Gasteiger partial charge in [0.2, 0.25) is 5.91 Å². The summed E-state index contributed by atoms with van der Waals surface area (Å²) in [5, 5.41) is 29.8. The van der Waals surface area contributed by atoms with E-state index < -0.39 is 24.3 Å². The van der Waals surface area contributed by atoms with Crippen LogP contribution in [0.15, 0.2) is 36.4 Å². The van der Waals surface area contributed by atoms with Crippen LogP contribution in [-0.2, 0) is 16.0 Å². The average molecular weight is 532 g/mol. The number of rotatable bonds is 15. The van der Waals surface area contributed by atoms with Gasteiger partial charge in [-0.2, -0.15) is 0 Å². The maximum Gasteiger partial charge on any atom is 0.348 e. The predicted octanol–water partition coefficient (Wildman–Crippen LogP) is 5.17. The number of aliphatic hydroxyl groups is 3. The van der Waals surface area contributed by atoms with E-state index in [9.17, 15) is 24.9 Å². The van der Waals surface area contributed by atoms with E-state index in [2.05, 4.69) is 6.92 Å². The van der Waals surface area contributed by atoms with Crippen LogP contribution in [0.3, 0.4) is 0 Å². The third-order valence-corrected chi connectivity index (χ3v) is 8.16. The zero-order chi connectivity index (χ0) is 26.8. The number of carbonyl (C=O) groups is 2. The number of carbonyl (C=O) groups excluding carboxylic acids is 2. The summed E-state index contributed by atoms with van der Waals surface area (Å²) in [6, 6.07) is 11.6. The number of unbranched alkanes of at least 4 members (excludes halogenated alkanes) is 2. The molecule has 0 bridgehead atoms. The van der Waals surface area contributed by atoms with Gasteiger partial charge in [0.15, 0.2) is 0 Å². The summed E-state index contributed by atoms with van der Waals surface area (Å²) >= 11 is 1.38. The normalized spacial score (nSPS) is 18.1. The molecule has 3 N–H and O–H groups in total. The van der Waals surface area contributed by atoms with E-state index >= 15 is 0 Å². The quantitative estimate of drug-likeness (QED) is 0.216. The number of benzene rings is 1. The molecule has 204 valence electrons. The molecule has 2 heterocycles. The van der Waals surface area contributed by atoms with Gasteiger partial charge in [-0.15, -0.1) is 11.3 Å². The smallest absolute Gasteiger partial charge is 0.348 e. The first-order valence-electron chi connectivity index (χ1n) is 13.6. The van der Waals surface area contributed by atoms with Crippen molar-refractivity contribution in [2.24, 2.45) is 0 Å². The molecule has 3 rings (SSSR count). The van der Waals surface area contributed by atoms with Crippen LogP contribution in [0.25, 0.3) is 0 Å². The van der Waals surface area contributed by atoms with E-state index in [1.54, 1.807) is 13.0 Å². The number of thiophene rings is 1. The number of esters is 1. The second-order valence-electron chi connectivity index (χ2n) is 9.86. The Balaban J connectivity index is 1.49. The van der Waals surface area contributed by atoms with E-state index in [1.165, 1.54) is 11.3 Å². The fraction of sp³-hybridized carbons (Fsp3) is 0.586. The van der Waals surface area contributed by atoms with Crippen LogP contribution in [0.1, 0.15) is 97.9 Å². The van der Waals surface area contributed by atoms with Crippen molar-refractivity contribution >= 4 is 28.9 Å². The summed E-state index contributed by atoms with van der Waals surface area (Å²) in [7, 11) is 0. The Hall–Kier alpha value is -2.26.